The Hall–Kier alpha value is -2.45. The lowest BCUT2D eigenvalue weighted by atomic mass is 9.94. The predicted molar refractivity (Wildman–Crippen MR) is 95.0 cm³/mol. The van der Waals surface area contributed by atoms with Crippen molar-refractivity contribution in [1.82, 2.24) is 14.5 Å². The topological polar surface area (TPSA) is 109 Å². The molecule has 0 spiro atoms. The van der Waals surface area contributed by atoms with Crippen molar-refractivity contribution in [2.75, 3.05) is 13.1 Å². The minimum atomic E-state index is -3.44. The number of rotatable bonds is 5. The molecule has 1 fully saturated rings. The van der Waals surface area contributed by atoms with Crippen LogP contribution in [0.3, 0.4) is 0 Å². The fourth-order valence-corrected chi connectivity index (χ4v) is 4.13. The number of nitrogens with one attached hydrogen (secondary N) is 1. The molecule has 2 heterocycles. The van der Waals surface area contributed by atoms with Crippen LogP contribution in [0.25, 0.3) is 6.08 Å². The highest BCUT2D eigenvalue weighted by atomic mass is 32.2. The number of nitrogens with zero attached hydrogens (tertiary/aromatic N) is 2. The summed E-state index contributed by atoms with van der Waals surface area (Å²) in [5, 5.41) is 7.96. The smallest absolute Gasteiger partial charge is 0.269 e. The second kappa shape index (κ2) is 7.20. The minimum Gasteiger partial charge on any atom is -0.364 e. The second-order valence-corrected chi connectivity index (χ2v) is 7.82. The van der Waals surface area contributed by atoms with Crippen molar-refractivity contribution in [3.05, 3.63) is 58.8 Å². The highest BCUT2D eigenvalue weighted by Gasteiger charge is 2.28. The van der Waals surface area contributed by atoms with Gasteiger partial charge in [0.2, 0.25) is 10.0 Å². The van der Waals surface area contributed by atoms with Crippen molar-refractivity contribution in [3.8, 4) is 0 Å². The predicted octanol–water partition coefficient (Wildman–Crippen LogP) is 1.69. The van der Waals surface area contributed by atoms with E-state index in [1.54, 1.807) is 12.1 Å². The van der Waals surface area contributed by atoms with E-state index in [1.807, 2.05) is 30.3 Å². The van der Waals surface area contributed by atoms with Gasteiger partial charge in [0.25, 0.3) is 5.91 Å². The number of amides is 1. The number of aromatic amines is 1. The van der Waals surface area contributed by atoms with E-state index in [0.717, 1.165) is 11.3 Å². The van der Waals surface area contributed by atoms with Crippen LogP contribution in [0.1, 0.15) is 40.5 Å². The van der Waals surface area contributed by atoms with Gasteiger partial charge in [0.05, 0.1) is 0 Å². The molecule has 0 unspecified atom stereocenters. The zero-order valence-corrected chi connectivity index (χ0v) is 14.4. The number of nitrogens with two attached hydrogens (primary N) is 1. The van der Waals surface area contributed by atoms with Gasteiger partial charge >= 0.3 is 0 Å². The number of sulfonamides is 1. The maximum atomic E-state index is 12.5. The molecule has 132 valence electrons. The molecule has 7 nitrogen and oxygen atoms in total. The van der Waals surface area contributed by atoms with Crippen molar-refractivity contribution < 1.29 is 13.2 Å². The van der Waals surface area contributed by atoms with Crippen LogP contribution in [0.4, 0.5) is 0 Å². The van der Waals surface area contributed by atoms with Gasteiger partial charge < -0.3 is 5.73 Å². The first-order chi connectivity index (χ1) is 12.0. The summed E-state index contributed by atoms with van der Waals surface area (Å²) < 4.78 is 26.4. The van der Waals surface area contributed by atoms with E-state index in [0.29, 0.717) is 25.9 Å². The van der Waals surface area contributed by atoms with Crippen LogP contribution in [-0.4, -0.2) is 41.9 Å². The van der Waals surface area contributed by atoms with Crippen molar-refractivity contribution in [2.45, 2.75) is 18.8 Å². The molecule has 0 radical (unpaired) electrons. The molecule has 1 aromatic heterocycles. The Morgan fingerprint density at radius 1 is 1.24 bits per heavy atom. The summed E-state index contributed by atoms with van der Waals surface area (Å²) in [6.07, 6.45) is 2.94. The number of hydrogen-bond donors (Lipinski definition) is 2. The third-order valence-corrected chi connectivity index (χ3v) is 5.90. The molecule has 25 heavy (non-hydrogen) atoms. The van der Waals surface area contributed by atoms with E-state index < -0.39 is 15.9 Å². The molecule has 0 aliphatic carbocycles. The Bertz CT molecular complexity index is 866. The summed E-state index contributed by atoms with van der Waals surface area (Å²) in [6.45, 7) is 0.855. The van der Waals surface area contributed by atoms with Crippen LogP contribution >= 0.6 is 0 Å². The molecule has 1 saturated heterocycles. The first-order valence-corrected chi connectivity index (χ1v) is 9.54. The van der Waals surface area contributed by atoms with Crippen molar-refractivity contribution in [2.24, 2.45) is 5.73 Å². The molecule has 1 aromatic carbocycles. The van der Waals surface area contributed by atoms with Gasteiger partial charge in [0.15, 0.2) is 0 Å². The summed E-state index contributed by atoms with van der Waals surface area (Å²) in [5.74, 6) is -0.432. The number of H-pyrrole nitrogens is 1. The Morgan fingerprint density at radius 3 is 2.52 bits per heavy atom. The number of piperidine rings is 1. The molecule has 1 aliphatic rings. The maximum Gasteiger partial charge on any atom is 0.269 e. The third-order valence-electron chi connectivity index (χ3n) is 4.34. The molecule has 3 rings (SSSR count). The standard InChI is InChI=1S/C17H20N4O3S/c18-17(22)16-12-15(19-20-16)14-6-9-21(10-7-14)25(23,24)11-8-13-4-2-1-3-5-13/h1-5,8,11-12,14H,6-7,9-10H2,(H2,18,22)(H,19,20)/b11-8+. The van der Waals surface area contributed by atoms with Crippen molar-refractivity contribution in [3.63, 3.8) is 0 Å². The Kier molecular flexibility index (Phi) is 5.00. The highest BCUT2D eigenvalue weighted by molar-refractivity contribution is 7.92. The lowest BCUT2D eigenvalue weighted by Crippen LogP contribution is -2.36. The number of carbonyl (C=O) groups excluding carboxylic acids is 1. The van der Waals surface area contributed by atoms with Gasteiger partial charge in [-0.05, 0) is 30.5 Å². The van der Waals surface area contributed by atoms with Gasteiger partial charge in [0.1, 0.15) is 5.69 Å². The largest absolute Gasteiger partial charge is 0.364 e. The van der Waals surface area contributed by atoms with E-state index in [4.69, 9.17) is 5.73 Å². The SMILES string of the molecule is NC(=O)c1cc(C2CCN(S(=O)(=O)/C=C/c3ccccc3)CC2)[nH]n1. The Morgan fingerprint density at radius 2 is 1.92 bits per heavy atom. The molecule has 8 heteroatoms. The van der Waals surface area contributed by atoms with Gasteiger partial charge in [0, 0.05) is 30.1 Å². The van der Waals surface area contributed by atoms with Gasteiger partial charge in [-0.25, -0.2) is 8.42 Å². The van der Waals surface area contributed by atoms with Crippen LogP contribution in [-0.2, 0) is 10.0 Å². The average Bonchev–Trinajstić information content (AvgIpc) is 3.12. The van der Waals surface area contributed by atoms with E-state index in [9.17, 15) is 13.2 Å². The number of carbonyl (C=O) groups is 1. The van der Waals surface area contributed by atoms with Crippen molar-refractivity contribution >= 4 is 22.0 Å². The fourth-order valence-electron chi connectivity index (χ4n) is 2.91. The number of benzene rings is 1. The summed E-state index contributed by atoms with van der Waals surface area (Å²) in [6, 6.07) is 11.0. The van der Waals surface area contributed by atoms with Crippen LogP contribution in [0.5, 0.6) is 0 Å². The molecule has 3 N–H and O–H groups in total. The highest BCUT2D eigenvalue weighted by Crippen LogP contribution is 2.28. The monoisotopic (exact) mass is 360 g/mol. The number of primary amides is 1. The maximum absolute atomic E-state index is 12.5. The third kappa shape index (κ3) is 4.15. The van der Waals surface area contributed by atoms with Gasteiger partial charge in [-0.2, -0.15) is 9.40 Å². The van der Waals surface area contributed by atoms with E-state index >= 15 is 0 Å². The molecule has 0 atom stereocenters. The fraction of sp³-hybridized carbons (Fsp3) is 0.294. The molecule has 2 aromatic rings. The Balaban J connectivity index is 1.62. The first-order valence-electron chi connectivity index (χ1n) is 8.04. The molecule has 0 saturated carbocycles. The lowest BCUT2D eigenvalue weighted by Gasteiger charge is -2.29. The molecule has 0 bridgehead atoms. The molecular formula is C17H20N4O3S. The summed E-state index contributed by atoms with van der Waals surface area (Å²) in [4.78, 5) is 11.1. The normalized spacial score (nSPS) is 17.1. The van der Waals surface area contributed by atoms with Crippen LogP contribution in [0.2, 0.25) is 0 Å². The van der Waals surface area contributed by atoms with E-state index in [2.05, 4.69) is 10.2 Å². The van der Waals surface area contributed by atoms with Crippen LogP contribution in [0.15, 0.2) is 41.8 Å². The summed E-state index contributed by atoms with van der Waals surface area (Å²) >= 11 is 0. The van der Waals surface area contributed by atoms with E-state index in [1.165, 1.54) is 9.71 Å². The van der Waals surface area contributed by atoms with Gasteiger partial charge in [-0.15, -0.1) is 0 Å². The summed E-state index contributed by atoms with van der Waals surface area (Å²) in [5.41, 5.74) is 7.07. The van der Waals surface area contributed by atoms with Crippen molar-refractivity contribution in [1.29, 1.82) is 0 Å². The molecule has 1 amide bonds. The molecule has 1 aliphatic heterocycles. The van der Waals surface area contributed by atoms with Gasteiger partial charge in [-0.3, -0.25) is 9.89 Å². The second-order valence-electron chi connectivity index (χ2n) is 6.00. The van der Waals surface area contributed by atoms with Gasteiger partial charge in [-0.1, -0.05) is 30.3 Å². The summed E-state index contributed by atoms with van der Waals surface area (Å²) in [7, 11) is -3.44. The zero-order chi connectivity index (χ0) is 17.9. The lowest BCUT2D eigenvalue weighted by molar-refractivity contribution is 0.0995. The minimum absolute atomic E-state index is 0.144. The van der Waals surface area contributed by atoms with E-state index in [-0.39, 0.29) is 11.6 Å². The number of hydrogen-bond acceptors (Lipinski definition) is 4. The van der Waals surface area contributed by atoms with Crippen LogP contribution < -0.4 is 5.73 Å². The zero-order valence-electron chi connectivity index (χ0n) is 13.6. The average molecular weight is 360 g/mol. The number of aromatic nitrogens is 2. The quantitative estimate of drug-likeness (QED) is 0.845. The first kappa shape index (κ1) is 17.4. The van der Waals surface area contributed by atoms with Crippen LogP contribution in [0, 0.1) is 0 Å². The molecular weight excluding hydrogens is 340 g/mol. The Labute approximate surface area is 146 Å².